The van der Waals surface area contributed by atoms with E-state index in [1.807, 2.05) is 12.1 Å². The summed E-state index contributed by atoms with van der Waals surface area (Å²) in [6.07, 6.45) is 0. The van der Waals surface area contributed by atoms with Gasteiger partial charge in [-0.15, -0.1) is 0 Å². The number of quaternary nitrogens is 1. The lowest BCUT2D eigenvalue weighted by atomic mass is 10.1. The zero-order valence-electron chi connectivity index (χ0n) is 9.80. The molecule has 1 aromatic carbocycles. The molecule has 0 saturated heterocycles. The lowest BCUT2D eigenvalue weighted by Gasteiger charge is -2.18. The first-order chi connectivity index (χ1) is 6.92. The van der Waals surface area contributed by atoms with Crippen molar-refractivity contribution in [1.82, 2.24) is 0 Å². The molecule has 0 radical (unpaired) electrons. The predicted molar refractivity (Wildman–Crippen MR) is 66.1 cm³/mol. The Labute approximate surface area is 100 Å². The van der Waals surface area contributed by atoms with E-state index in [-0.39, 0.29) is 5.54 Å². The topological polar surface area (TPSA) is 25.8 Å². The van der Waals surface area contributed by atoms with Crippen LogP contribution in [0.4, 0.5) is 0 Å². The minimum Gasteiger partial charge on any atom is -0.496 e. The van der Waals surface area contributed by atoms with Gasteiger partial charge in [0.15, 0.2) is 0 Å². The van der Waals surface area contributed by atoms with Crippen LogP contribution in [-0.2, 0) is 6.54 Å². The fraction of sp³-hybridized carbons (Fsp3) is 0.500. The number of hydrogen-bond donors (Lipinski definition) is 1. The van der Waals surface area contributed by atoms with E-state index in [1.54, 1.807) is 7.11 Å². The normalized spacial score (nSPS) is 11.5. The summed E-state index contributed by atoms with van der Waals surface area (Å²) in [6.45, 7) is 7.55. The van der Waals surface area contributed by atoms with Gasteiger partial charge in [-0.3, -0.25) is 0 Å². The highest BCUT2D eigenvalue weighted by molar-refractivity contribution is 9.10. The van der Waals surface area contributed by atoms with E-state index in [1.165, 1.54) is 5.56 Å². The van der Waals surface area contributed by atoms with Crippen molar-refractivity contribution < 1.29 is 10.1 Å². The summed E-state index contributed by atoms with van der Waals surface area (Å²) < 4.78 is 6.42. The first-order valence-electron chi connectivity index (χ1n) is 5.09. The molecule has 1 aromatic rings. The van der Waals surface area contributed by atoms with Crippen LogP contribution in [0.5, 0.6) is 5.75 Å². The summed E-state index contributed by atoms with van der Waals surface area (Å²) in [4.78, 5) is 0. The van der Waals surface area contributed by atoms with Gasteiger partial charge in [0.2, 0.25) is 0 Å². The Morgan fingerprint density at radius 3 is 2.53 bits per heavy atom. The molecule has 0 spiro atoms. The Hall–Kier alpha value is -0.540. The second-order valence-corrected chi connectivity index (χ2v) is 5.65. The van der Waals surface area contributed by atoms with Crippen LogP contribution in [0.25, 0.3) is 0 Å². The molecule has 2 N–H and O–H groups in total. The minimum absolute atomic E-state index is 0.243. The van der Waals surface area contributed by atoms with E-state index in [0.717, 1.165) is 16.8 Å². The summed E-state index contributed by atoms with van der Waals surface area (Å²) in [7, 11) is 1.71. The Bertz CT molecular complexity index is 331. The molecule has 0 aromatic heterocycles. The van der Waals surface area contributed by atoms with E-state index in [2.05, 4.69) is 48.1 Å². The Morgan fingerprint density at radius 1 is 1.33 bits per heavy atom. The maximum absolute atomic E-state index is 5.32. The Morgan fingerprint density at radius 2 is 2.00 bits per heavy atom. The average Bonchev–Trinajstić information content (AvgIpc) is 2.14. The average molecular weight is 273 g/mol. The van der Waals surface area contributed by atoms with Crippen LogP contribution in [-0.4, -0.2) is 12.6 Å². The zero-order chi connectivity index (χ0) is 11.5. The molecule has 0 aliphatic carbocycles. The Kier molecular flexibility index (Phi) is 4.17. The summed E-state index contributed by atoms with van der Waals surface area (Å²) in [5, 5.41) is 2.30. The molecule has 0 amide bonds. The van der Waals surface area contributed by atoms with Crippen LogP contribution in [0, 0.1) is 0 Å². The highest BCUT2D eigenvalue weighted by Gasteiger charge is 2.14. The van der Waals surface area contributed by atoms with Crippen LogP contribution >= 0.6 is 15.9 Å². The maximum atomic E-state index is 5.32. The number of methoxy groups -OCH3 is 1. The van der Waals surface area contributed by atoms with Gasteiger partial charge < -0.3 is 10.1 Å². The molecule has 0 bridgehead atoms. The fourth-order valence-corrected chi connectivity index (χ4v) is 1.73. The first-order valence-corrected chi connectivity index (χ1v) is 5.88. The van der Waals surface area contributed by atoms with Gasteiger partial charge in [0, 0.05) is 10.0 Å². The van der Waals surface area contributed by atoms with Crippen molar-refractivity contribution in [3.8, 4) is 5.75 Å². The van der Waals surface area contributed by atoms with E-state index in [4.69, 9.17) is 4.74 Å². The van der Waals surface area contributed by atoms with E-state index < -0.39 is 0 Å². The van der Waals surface area contributed by atoms with Gasteiger partial charge in [-0.05, 0) is 39.0 Å². The summed E-state index contributed by atoms with van der Waals surface area (Å²) in [6, 6.07) is 6.11. The third-order valence-electron chi connectivity index (χ3n) is 2.18. The lowest BCUT2D eigenvalue weighted by molar-refractivity contribution is -0.731. The summed E-state index contributed by atoms with van der Waals surface area (Å²) in [5.74, 6) is 0.957. The standard InChI is InChI=1S/C12H18BrNO/c1-12(2,3)14-8-9-7-10(13)5-6-11(9)15-4/h5-7,14H,8H2,1-4H3/p+1. The summed E-state index contributed by atoms with van der Waals surface area (Å²) >= 11 is 3.48. The molecule has 0 aliphatic heterocycles. The molecule has 0 unspecified atom stereocenters. The van der Waals surface area contributed by atoms with Crippen molar-refractivity contribution in [2.75, 3.05) is 7.11 Å². The molecule has 3 heteroatoms. The third-order valence-corrected chi connectivity index (χ3v) is 2.67. The zero-order valence-corrected chi connectivity index (χ0v) is 11.4. The van der Waals surface area contributed by atoms with Crippen molar-refractivity contribution in [3.05, 3.63) is 28.2 Å². The van der Waals surface area contributed by atoms with Crippen LogP contribution in [0.15, 0.2) is 22.7 Å². The molecule has 0 saturated carbocycles. The quantitative estimate of drug-likeness (QED) is 0.898. The highest BCUT2D eigenvalue weighted by Crippen LogP contribution is 2.22. The van der Waals surface area contributed by atoms with Gasteiger partial charge in [0.25, 0.3) is 0 Å². The smallest absolute Gasteiger partial charge is 0.127 e. The van der Waals surface area contributed by atoms with Crippen LogP contribution in [0.2, 0.25) is 0 Å². The maximum Gasteiger partial charge on any atom is 0.127 e. The largest absolute Gasteiger partial charge is 0.496 e. The second-order valence-electron chi connectivity index (χ2n) is 4.73. The molecule has 15 heavy (non-hydrogen) atoms. The van der Waals surface area contributed by atoms with Crippen molar-refractivity contribution in [2.24, 2.45) is 0 Å². The number of halogens is 1. The molecule has 2 nitrogen and oxygen atoms in total. The molecule has 0 fully saturated rings. The number of nitrogens with two attached hydrogens (primary N) is 1. The number of ether oxygens (including phenoxy) is 1. The predicted octanol–water partition coefficient (Wildman–Crippen LogP) is 2.32. The van der Waals surface area contributed by atoms with Gasteiger partial charge in [-0.25, -0.2) is 0 Å². The van der Waals surface area contributed by atoms with Crippen molar-refractivity contribution in [2.45, 2.75) is 32.9 Å². The molecule has 84 valence electrons. The van der Waals surface area contributed by atoms with Crippen LogP contribution in [0.3, 0.4) is 0 Å². The van der Waals surface area contributed by atoms with E-state index >= 15 is 0 Å². The van der Waals surface area contributed by atoms with E-state index in [9.17, 15) is 0 Å². The number of benzene rings is 1. The first kappa shape index (κ1) is 12.5. The van der Waals surface area contributed by atoms with Crippen molar-refractivity contribution >= 4 is 15.9 Å². The summed E-state index contributed by atoms with van der Waals surface area (Å²) in [5.41, 5.74) is 1.47. The third kappa shape index (κ3) is 4.22. The fourth-order valence-electron chi connectivity index (χ4n) is 1.32. The molecule has 1 rings (SSSR count). The van der Waals surface area contributed by atoms with Crippen LogP contribution in [0.1, 0.15) is 26.3 Å². The van der Waals surface area contributed by atoms with Crippen molar-refractivity contribution in [1.29, 1.82) is 0 Å². The van der Waals surface area contributed by atoms with E-state index in [0.29, 0.717) is 0 Å². The van der Waals surface area contributed by atoms with Gasteiger partial charge in [0.1, 0.15) is 12.3 Å². The molecule has 0 aliphatic rings. The van der Waals surface area contributed by atoms with Crippen LogP contribution < -0.4 is 10.1 Å². The second kappa shape index (κ2) is 4.99. The van der Waals surface area contributed by atoms with Gasteiger partial charge in [0.05, 0.1) is 12.6 Å². The lowest BCUT2D eigenvalue weighted by Crippen LogP contribution is -2.92. The molecule has 0 atom stereocenters. The van der Waals surface area contributed by atoms with Gasteiger partial charge in [-0.1, -0.05) is 15.9 Å². The Balaban J connectivity index is 2.79. The number of hydrogen-bond acceptors (Lipinski definition) is 1. The van der Waals surface area contributed by atoms with Gasteiger partial charge in [-0.2, -0.15) is 0 Å². The molecule has 0 heterocycles. The molecular formula is C12H19BrNO+. The minimum atomic E-state index is 0.243. The number of rotatable bonds is 3. The highest BCUT2D eigenvalue weighted by atomic mass is 79.9. The SMILES string of the molecule is COc1ccc(Br)cc1C[NH2+]C(C)(C)C. The molecular weight excluding hydrogens is 254 g/mol. The van der Waals surface area contributed by atoms with Crippen molar-refractivity contribution in [3.63, 3.8) is 0 Å². The monoisotopic (exact) mass is 272 g/mol. The van der Waals surface area contributed by atoms with Gasteiger partial charge >= 0.3 is 0 Å².